The van der Waals surface area contributed by atoms with Crippen LogP contribution in [0.5, 0.6) is 0 Å². The SMILES string of the molecule is C#CCN(CCC)CCNC(C)CC. The van der Waals surface area contributed by atoms with Crippen LogP contribution in [0.2, 0.25) is 0 Å². The summed E-state index contributed by atoms with van der Waals surface area (Å²) in [6.45, 7) is 10.6. The van der Waals surface area contributed by atoms with Gasteiger partial charge in [0.05, 0.1) is 6.54 Å². The van der Waals surface area contributed by atoms with Gasteiger partial charge in [-0.25, -0.2) is 0 Å². The first kappa shape index (κ1) is 13.5. The molecule has 0 saturated carbocycles. The van der Waals surface area contributed by atoms with E-state index in [9.17, 15) is 0 Å². The Kier molecular flexibility index (Phi) is 8.72. The van der Waals surface area contributed by atoms with Gasteiger partial charge in [-0.15, -0.1) is 6.42 Å². The Hall–Kier alpha value is -0.520. The van der Waals surface area contributed by atoms with Gasteiger partial charge < -0.3 is 5.32 Å². The van der Waals surface area contributed by atoms with Crippen molar-refractivity contribution in [1.82, 2.24) is 10.2 Å². The van der Waals surface area contributed by atoms with Crippen LogP contribution in [-0.4, -0.2) is 37.1 Å². The van der Waals surface area contributed by atoms with Crippen molar-refractivity contribution in [2.75, 3.05) is 26.2 Å². The molecule has 0 aromatic rings. The lowest BCUT2D eigenvalue weighted by Crippen LogP contribution is -2.36. The van der Waals surface area contributed by atoms with E-state index in [-0.39, 0.29) is 0 Å². The molecule has 0 rings (SSSR count). The first-order valence-electron chi connectivity index (χ1n) is 5.63. The van der Waals surface area contributed by atoms with Crippen molar-refractivity contribution in [3.8, 4) is 12.3 Å². The molecule has 1 unspecified atom stereocenters. The second-order valence-corrected chi connectivity index (χ2v) is 3.74. The molecule has 0 amide bonds. The number of terminal acetylenes is 1. The largest absolute Gasteiger partial charge is 0.313 e. The molecular weight excluding hydrogens is 172 g/mol. The van der Waals surface area contributed by atoms with Gasteiger partial charge in [0.15, 0.2) is 0 Å². The van der Waals surface area contributed by atoms with E-state index in [1.165, 1.54) is 12.8 Å². The lowest BCUT2D eigenvalue weighted by Gasteiger charge is -2.20. The molecule has 0 fully saturated rings. The molecule has 0 aliphatic heterocycles. The van der Waals surface area contributed by atoms with Gasteiger partial charge in [-0.05, 0) is 26.3 Å². The fourth-order valence-electron chi connectivity index (χ4n) is 1.33. The van der Waals surface area contributed by atoms with Crippen molar-refractivity contribution in [2.45, 2.75) is 39.7 Å². The van der Waals surface area contributed by atoms with Crippen molar-refractivity contribution in [3.63, 3.8) is 0 Å². The average molecular weight is 196 g/mol. The maximum absolute atomic E-state index is 5.31. The Bertz CT molecular complexity index is 160. The number of nitrogens with one attached hydrogen (secondary N) is 1. The van der Waals surface area contributed by atoms with E-state index in [1.807, 2.05) is 0 Å². The van der Waals surface area contributed by atoms with Gasteiger partial charge in [0.2, 0.25) is 0 Å². The quantitative estimate of drug-likeness (QED) is 0.595. The van der Waals surface area contributed by atoms with Gasteiger partial charge in [-0.2, -0.15) is 0 Å². The smallest absolute Gasteiger partial charge is 0.0599 e. The summed E-state index contributed by atoms with van der Waals surface area (Å²) in [4.78, 5) is 2.31. The maximum Gasteiger partial charge on any atom is 0.0599 e. The summed E-state index contributed by atoms with van der Waals surface area (Å²) in [7, 11) is 0. The van der Waals surface area contributed by atoms with E-state index in [0.29, 0.717) is 6.04 Å². The Morgan fingerprint density at radius 2 is 2.07 bits per heavy atom. The van der Waals surface area contributed by atoms with E-state index in [0.717, 1.165) is 26.2 Å². The fraction of sp³-hybridized carbons (Fsp3) is 0.833. The number of nitrogens with zero attached hydrogens (tertiary/aromatic N) is 1. The van der Waals surface area contributed by atoms with Gasteiger partial charge in [-0.1, -0.05) is 19.8 Å². The van der Waals surface area contributed by atoms with Crippen LogP contribution < -0.4 is 5.32 Å². The van der Waals surface area contributed by atoms with Crippen molar-refractivity contribution in [1.29, 1.82) is 0 Å². The Labute approximate surface area is 89.1 Å². The van der Waals surface area contributed by atoms with Gasteiger partial charge in [0.25, 0.3) is 0 Å². The number of rotatable bonds is 8. The predicted octanol–water partition coefficient (Wildman–Crippen LogP) is 1.72. The van der Waals surface area contributed by atoms with Crippen LogP contribution in [0, 0.1) is 12.3 Å². The highest BCUT2D eigenvalue weighted by Crippen LogP contribution is 1.91. The highest BCUT2D eigenvalue weighted by molar-refractivity contribution is 4.88. The number of hydrogen-bond donors (Lipinski definition) is 1. The standard InChI is InChI=1S/C12H24N2/c1-5-9-14(10-6-2)11-8-13-12(4)7-3/h1,12-13H,6-11H2,2-4H3. The second-order valence-electron chi connectivity index (χ2n) is 3.74. The zero-order valence-electron chi connectivity index (χ0n) is 9.84. The summed E-state index contributed by atoms with van der Waals surface area (Å²) in [6.07, 6.45) is 7.66. The first-order chi connectivity index (χ1) is 6.74. The minimum Gasteiger partial charge on any atom is -0.313 e. The fourth-order valence-corrected chi connectivity index (χ4v) is 1.33. The Morgan fingerprint density at radius 3 is 2.57 bits per heavy atom. The highest BCUT2D eigenvalue weighted by Gasteiger charge is 2.02. The maximum atomic E-state index is 5.31. The predicted molar refractivity (Wildman–Crippen MR) is 63.3 cm³/mol. The van der Waals surface area contributed by atoms with Crippen LogP contribution in [0.4, 0.5) is 0 Å². The molecule has 0 aliphatic carbocycles. The molecule has 0 spiro atoms. The molecule has 0 saturated heterocycles. The van der Waals surface area contributed by atoms with Crippen LogP contribution in [0.25, 0.3) is 0 Å². The topological polar surface area (TPSA) is 15.3 Å². The zero-order chi connectivity index (χ0) is 10.8. The first-order valence-corrected chi connectivity index (χ1v) is 5.63. The highest BCUT2D eigenvalue weighted by atomic mass is 15.1. The van der Waals surface area contributed by atoms with Crippen LogP contribution in [0.15, 0.2) is 0 Å². The van der Waals surface area contributed by atoms with Gasteiger partial charge in [0, 0.05) is 19.1 Å². The lowest BCUT2D eigenvalue weighted by molar-refractivity contribution is 0.300. The zero-order valence-corrected chi connectivity index (χ0v) is 9.84. The third-order valence-electron chi connectivity index (χ3n) is 2.39. The summed E-state index contributed by atoms with van der Waals surface area (Å²) in [5.41, 5.74) is 0. The summed E-state index contributed by atoms with van der Waals surface area (Å²) in [5.74, 6) is 2.70. The van der Waals surface area contributed by atoms with Crippen LogP contribution in [0.3, 0.4) is 0 Å². The van der Waals surface area contributed by atoms with Crippen LogP contribution in [-0.2, 0) is 0 Å². The lowest BCUT2D eigenvalue weighted by atomic mass is 10.2. The van der Waals surface area contributed by atoms with Gasteiger partial charge in [0.1, 0.15) is 0 Å². The molecule has 2 heteroatoms. The second kappa shape index (κ2) is 9.05. The molecule has 0 radical (unpaired) electrons. The minimum absolute atomic E-state index is 0.615. The van der Waals surface area contributed by atoms with E-state index >= 15 is 0 Å². The Morgan fingerprint density at radius 1 is 1.36 bits per heavy atom. The summed E-state index contributed by atoms with van der Waals surface area (Å²) < 4.78 is 0. The van der Waals surface area contributed by atoms with Crippen molar-refractivity contribution in [2.24, 2.45) is 0 Å². The summed E-state index contributed by atoms with van der Waals surface area (Å²) >= 11 is 0. The molecule has 0 aliphatic rings. The molecule has 14 heavy (non-hydrogen) atoms. The van der Waals surface area contributed by atoms with E-state index in [2.05, 4.69) is 36.9 Å². The minimum atomic E-state index is 0.615. The monoisotopic (exact) mass is 196 g/mol. The van der Waals surface area contributed by atoms with Crippen molar-refractivity contribution in [3.05, 3.63) is 0 Å². The molecule has 1 atom stereocenters. The molecule has 82 valence electrons. The van der Waals surface area contributed by atoms with E-state index < -0.39 is 0 Å². The molecular formula is C12H24N2. The van der Waals surface area contributed by atoms with Crippen LogP contribution in [0.1, 0.15) is 33.6 Å². The molecule has 0 aromatic carbocycles. The molecule has 2 nitrogen and oxygen atoms in total. The van der Waals surface area contributed by atoms with Crippen molar-refractivity contribution < 1.29 is 0 Å². The number of hydrogen-bond acceptors (Lipinski definition) is 2. The third kappa shape index (κ3) is 6.94. The third-order valence-corrected chi connectivity index (χ3v) is 2.39. The van der Waals surface area contributed by atoms with Crippen LogP contribution >= 0.6 is 0 Å². The normalized spacial score (nSPS) is 12.8. The summed E-state index contributed by atoms with van der Waals surface area (Å²) in [5, 5.41) is 3.47. The van der Waals surface area contributed by atoms with Gasteiger partial charge >= 0.3 is 0 Å². The Balaban J connectivity index is 3.55. The van der Waals surface area contributed by atoms with E-state index in [4.69, 9.17) is 6.42 Å². The molecule has 0 heterocycles. The average Bonchev–Trinajstić information content (AvgIpc) is 2.18. The van der Waals surface area contributed by atoms with E-state index in [1.54, 1.807) is 0 Å². The molecule has 1 N–H and O–H groups in total. The summed E-state index contributed by atoms with van der Waals surface area (Å²) in [6, 6.07) is 0.615. The molecule has 0 aromatic heterocycles. The molecule has 0 bridgehead atoms. The van der Waals surface area contributed by atoms with Gasteiger partial charge in [-0.3, -0.25) is 4.90 Å². The van der Waals surface area contributed by atoms with Crippen molar-refractivity contribution >= 4 is 0 Å².